The van der Waals surface area contributed by atoms with E-state index in [0.717, 1.165) is 16.3 Å². The number of anilines is 2. The smallest absolute Gasteiger partial charge is 0.188 e. The number of nitrogens with one attached hydrogen (secondary N) is 1. The summed E-state index contributed by atoms with van der Waals surface area (Å²) in [6.45, 7) is 2.07. The van der Waals surface area contributed by atoms with Crippen molar-refractivity contribution in [3.63, 3.8) is 0 Å². The minimum atomic E-state index is 0.298. The maximum Gasteiger partial charge on any atom is 0.188 e. The molecule has 0 spiro atoms. The van der Waals surface area contributed by atoms with E-state index in [1.807, 2.05) is 12.1 Å². The third-order valence-electron chi connectivity index (χ3n) is 2.81. The Labute approximate surface area is 125 Å². The van der Waals surface area contributed by atoms with Crippen LogP contribution in [0, 0.1) is 6.92 Å². The molecule has 0 saturated heterocycles. The molecule has 0 atom stereocenters. The first-order valence-electron chi connectivity index (χ1n) is 6.02. The van der Waals surface area contributed by atoms with Crippen LogP contribution < -0.4 is 11.1 Å². The number of fused-ring (bicyclic) bond motifs is 1. The van der Waals surface area contributed by atoms with Crippen molar-refractivity contribution in [3.8, 4) is 0 Å². The fourth-order valence-electron chi connectivity index (χ4n) is 1.82. The van der Waals surface area contributed by atoms with E-state index >= 15 is 0 Å². The lowest BCUT2D eigenvalue weighted by atomic mass is 10.2. The zero-order valence-corrected chi connectivity index (χ0v) is 12.4. The van der Waals surface area contributed by atoms with Crippen LogP contribution in [-0.4, -0.2) is 15.0 Å². The number of benzene rings is 1. The Kier molecular flexibility index (Phi) is 3.33. The molecule has 2 heterocycles. The highest BCUT2D eigenvalue weighted by molar-refractivity contribution is 7.80. The first-order chi connectivity index (χ1) is 9.61. The number of hydrogen-bond donors (Lipinski definition) is 2. The summed E-state index contributed by atoms with van der Waals surface area (Å²) in [5.41, 5.74) is 9.23. The second kappa shape index (κ2) is 5.15. The molecular formula is C14H12N4S2. The van der Waals surface area contributed by atoms with E-state index in [1.165, 1.54) is 10.3 Å². The topological polar surface area (TPSA) is 63.8 Å². The van der Waals surface area contributed by atoms with Crippen LogP contribution in [0.4, 0.5) is 10.8 Å². The number of pyridine rings is 1. The molecule has 3 N–H and O–H groups in total. The van der Waals surface area contributed by atoms with Crippen LogP contribution in [0.2, 0.25) is 0 Å². The highest BCUT2D eigenvalue weighted by atomic mass is 32.1. The number of nitrogens with zero attached hydrogens (tertiary/aromatic N) is 2. The zero-order chi connectivity index (χ0) is 14.1. The summed E-state index contributed by atoms with van der Waals surface area (Å²) >= 11 is 6.49. The normalized spacial score (nSPS) is 10.7. The van der Waals surface area contributed by atoms with Crippen LogP contribution in [0.3, 0.4) is 0 Å². The van der Waals surface area contributed by atoms with E-state index in [0.29, 0.717) is 10.7 Å². The molecule has 3 aromatic rings. The predicted molar refractivity (Wildman–Crippen MR) is 87.8 cm³/mol. The predicted octanol–water partition coefficient (Wildman–Crippen LogP) is 3.38. The van der Waals surface area contributed by atoms with Crippen molar-refractivity contribution in [2.75, 3.05) is 5.32 Å². The lowest BCUT2D eigenvalue weighted by Crippen LogP contribution is -2.11. The van der Waals surface area contributed by atoms with E-state index in [9.17, 15) is 0 Å². The van der Waals surface area contributed by atoms with E-state index < -0.39 is 0 Å². The Hall–Kier alpha value is -2.05. The average molecular weight is 300 g/mol. The SMILES string of the molecule is Cc1ccc2nc(Nc3ccc(C(N)=S)nc3)sc2c1. The molecule has 3 rings (SSSR count). The average Bonchev–Trinajstić information content (AvgIpc) is 2.80. The molecule has 0 aliphatic rings. The van der Waals surface area contributed by atoms with Gasteiger partial charge in [-0.15, -0.1) is 0 Å². The second-order valence-electron chi connectivity index (χ2n) is 4.41. The van der Waals surface area contributed by atoms with Crippen molar-refractivity contribution in [1.82, 2.24) is 9.97 Å². The molecule has 1 aromatic carbocycles. The lowest BCUT2D eigenvalue weighted by molar-refractivity contribution is 1.28. The highest BCUT2D eigenvalue weighted by Crippen LogP contribution is 2.28. The Morgan fingerprint density at radius 1 is 1.30 bits per heavy atom. The van der Waals surface area contributed by atoms with Crippen LogP contribution in [0.25, 0.3) is 10.2 Å². The van der Waals surface area contributed by atoms with Crippen LogP contribution in [0.15, 0.2) is 36.5 Å². The summed E-state index contributed by atoms with van der Waals surface area (Å²) in [5, 5.41) is 4.08. The van der Waals surface area contributed by atoms with Crippen molar-refractivity contribution in [1.29, 1.82) is 0 Å². The van der Waals surface area contributed by atoms with Gasteiger partial charge in [-0.2, -0.15) is 0 Å². The van der Waals surface area contributed by atoms with Crippen molar-refractivity contribution in [2.45, 2.75) is 6.92 Å². The van der Waals surface area contributed by atoms with Gasteiger partial charge in [0.2, 0.25) is 0 Å². The summed E-state index contributed by atoms with van der Waals surface area (Å²) in [5.74, 6) is 0. The summed E-state index contributed by atoms with van der Waals surface area (Å²) in [4.78, 5) is 9.02. The molecule has 0 radical (unpaired) electrons. The van der Waals surface area contributed by atoms with E-state index in [2.05, 4.69) is 34.3 Å². The van der Waals surface area contributed by atoms with Crippen molar-refractivity contribution < 1.29 is 0 Å². The molecule has 100 valence electrons. The third-order valence-corrected chi connectivity index (χ3v) is 3.95. The number of nitrogens with two attached hydrogens (primary N) is 1. The molecule has 0 amide bonds. The molecule has 0 unspecified atom stereocenters. The lowest BCUT2D eigenvalue weighted by Gasteiger charge is -2.02. The molecule has 0 aliphatic heterocycles. The van der Waals surface area contributed by atoms with Gasteiger partial charge in [0.1, 0.15) is 4.99 Å². The number of aryl methyl sites for hydroxylation is 1. The molecule has 0 aliphatic carbocycles. The fraction of sp³-hybridized carbons (Fsp3) is 0.0714. The quantitative estimate of drug-likeness (QED) is 0.726. The van der Waals surface area contributed by atoms with E-state index in [1.54, 1.807) is 23.6 Å². The molecule has 0 bridgehead atoms. The van der Waals surface area contributed by atoms with Crippen LogP contribution in [-0.2, 0) is 0 Å². The maximum atomic E-state index is 5.52. The second-order valence-corrected chi connectivity index (χ2v) is 5.88. The third kappa shape index (κ3) is 2.61. The van der Waals surface area contributed by atoms with E-state index in [-0.39, 0.29) is 0 Å². The fourth-order valence-corrected chi connectivity index (χ4v) is 2.93. The molecule has 6 heteroatoms. The summed E-state index contributed by atoms with van der Waals surface area (Å²) in [7, 11) is 0. The van der Waals surface area contributed by atoms with Crippen molar-refractivity contribution in [3.05, 3.63) is 47.8 Å². The highest BCUT2D eigenvalue weighted by Gasteiger charge is 2.05. The van der Waals surface area contributed by atoms with Gasteiger partial charge in [0.05, 0.1) is 27.8 Å². The Morgan fingerprint density at radius 3 is 2.85 bits per heavy atom. The first-order valence-corrected chi connectivity index (χ1v) is 7.24. The minimum absolute atomic E-state index is 0.298. The van der Waals surface area contributed by atoms with Gasteiger partial charge >= 0.3 is 0 Å². The maximum absolute atomic E-state index is 5.52. The van der Waals surface area contributed by atoms with Gasteiger partial charge in [0.15, 0.2) is 5.13 Å². The minimum Gasteiger partial charge on any atom is -0.388 e. The van der Waals surface area contributed by atoms with E-state index in [4.69, 9.17) is 18.0 Å². The van der Waals surface area contributed by atoms with Crippen molar-refractivity contribution >= 4 is 49.6 Å². The molecule has 4 nitrogen and oxygen atoms in total. The number of rotatable bonds is 3. The summed E-state index contributed by atoms with van der Waals surface area (Å²) in [6.07, 6.45) is 1.70. The van der Waals surface area contributed by atoms with Crippen LogP contribution in [0.1, 0.15) is 11.3 Å². The number of thiazole rings is 1. The number of thiocarbonyl (C=S) groups is 1. The van der Waals surface area contributed by atoms with Crippen LogP contribution in [0.5, 0.6) is 0 Å². The Morgan fingerprint density at radius 2 is 2.15 bits per heavy atom. The number of aromatic nitrogens is 2. The summed E-state index contributed by atoms with van der Waals surface area (Å²) in [6, 6.07) is 9.90. The van der Waals surface area contributed by atoms with Gasteiger partial charge in [0, 0.05) is 0 Å². The molecular weight excluding hydrogens is 288 g/mol. The van der Waals surface area contributed by atoms with Crippen LogP contribution >= 0.6 is 23.6 Å². The molecule has 20 heavy (non-hydrogen) atoms. The molecule has 0 fully saturated rings. The van der Waals surface area contributed by atoms with Gasteiger partial charge in [0.25, 0.3) is 0 Å². The van der Waals surface area contributed by atoms with Gasteiger partial charge < -0.3 is 11.1 Å². The number of hydrogen-bond acceptors (Lipinski definition) is 5. The summed E-state index contributed by atoms with van der Waals surface area (Å²) < 4.78 is 1.17. The Bertz CT molecular complexity index is 777. The Balaban J connectivity index is 1.87. The van der Waals surface area contributed by atoms with Gasteiger partial charge in [-0.25, -0.2) is 4.98 Å². The molecule has 0 saturated carbocycles. The van der Waals surface area contributed by atoms with Crippen molar-refractivity contribution in [2.24, 2.45) is 5.73 Å². The zero-order valence-electron chi connectivity index (χ0n) is 10.8. The first kappa shape index (κ1) is 13.0. The van der Waals surface area contributed by atoms with Gasteiger partial charge in [-0.3, -0.25) is 4.98 Å². The van der Waals surface area contributed by atoms with Gasteiger partial charge in [-0.1, -0.05) is 29.6 Å². The molecule has 2 aromatic heterocycles. The van der Waals surface area contributed by atoms with Gasteiger partial charge in [-0.05, 0) is 36.8 Å². The largest absolute Gasteiger partial charge is 0.388 e. The standard InChI is InChI=1S/C14H12N4S2/c1-8-2-4-10-12(6-8)20-14(18-10)17-9-3-5-11(13(15)19)16-7-9/h2-7H,1H3,(H2,15,19)(H,17,18). The monoisotopic (exact) mass is 300 g/mol.